The first kappa shape index (κ1) is 14.0. The van der Waals surface area contributed by atoms with Crippen LogP contribution < -0.4 is 10.2 Å². The number of quaternary nitrogens is 1. The van der Waals surface area contributed by atoms with Gasteiger partial charge in [-0.1, -0.05) is 29.3 Å². The van der Waals surface area contributed by atoms with Crippen LogP contribution >= 0.6 is 23.2 Å². The van der Waals surface area contributed by atoms with Crippen LogP contribution in [0.5, 0.6) is 0 Å². The average molecular weight is 321 g/mol. The Morgan fingerprint density at radius 2 is 1.95 bits per heavy atom. The lowest BCUT2D eigenvalue weighted by molar-refractivity contribution is 0.236. The van der Waals surface area contributed by atoms with E-state index >= 15 is 0 Å². The lowest BCUT2D eigenvalue weighted by Gasteiger charge is -2.25. The van der Waals surface area contributed by atoms with Gasteiger partial charge in [-0.2, -0.15) is 9.48 Å². The van der Waals surface area contributed by atoms with Crippen molar-refractivity contribution in [1.29, 1.82) is 0 Å². The van der Waals surface area contributed by atoms with E-state index < -0.39 is 6.03 Å². The molecule has 1 aliphatic rings. The Balaban J connectivity index is 2.31. The number of nitrogens with zero attached hydrogens (tertiary/aromatic N) is 3. The molecular weight excluding hydrogens is 311 g/mol. The fourth-order valence-corrected chi connectivity index (χ4v) is 2.89. The lowest BCUT2D eigenvalue weighted by Crippen LogP contribution is -2.57. The van der Waals surface area contributed by atoms with Gasteiger partial charge in [0.25, 0.3) is 5.84 Å². The van der Waals surface area contributed by atoms with E-state index in [0.717, 1.165) is 0 Å². The number of urea groups is 1. The molecule has 7 heteroatoms. The van der Waals surface area contributed by atoms with Crippen LogP contribution in [0, 0.1) is 6.20 Å². The van der Waals surface area contributed by atoms with Crippen LogP contribution in [0.3, 0.4) is 0 Å². The zero-order valence-electron chi connectivity index (χ0n) is 11.0. The number of amides is 2. The number of carbonyl (C=O) groups excluding carboxylic acids is 1. The van der Waals surface area contributed by atoms with Gasteiger partial charge in [-0.25, -0.2) is 4.79 Å². The molecule has 0 saturated heterocycles. The van der Waals surface area contributed by atoms with E-state index in [-0.39, 0.29) is 4.48 Å². The number of hydrogen-bond donors (Lipinski definition) is 1. The van der Waals surface area contributed by atoms with Crippen LogP contribution in [0.4, 0.5) is 16.2 Å². The second-order valence-electron chi connectivity index (χ2n) is 4.67. The molecule has 1 unspecified atom stereocenters. The number of nitrogens with two attached hydrogens (primary N) is 1. The summed E-state index contributed by atoms with van der Waals surface area (Å²) in [5.41, 5.74) is 7.12. The van der Waals surface area contributed by atoms with Gasteiger partial charge < -0.3 is 5.73 Å². The molecule has 5 nitrogen and oxygen atoms in total. The van der Waals surface area contributed by atoms with Crippen molar-refractivity contribution < 1.29 is 4.79 Å². The number of aliphatic imine (C=N–C) groups is 1. The fourth-order valence-electron chi connectivity index (χ4n) is 2.32. The van der Waals surface area contributed by atoms with Gasteiger partial charge in [-0.3, -0.25) is 4.98 Å². The van der Waals surface area contributed by atoms with Crippen molar-refractivity contribution in [2.24, 2.45) is 10.7 Å². The molecule has 0 fully saturated rings. The van der Waals surface area contributed by atoms with Crippen molar-refractivity contribution in [1.82, 2.24) is 9.47 Å². The summed E-state index contributed by atoms with van der Waals surface area (Å²) < 4.78 is -0.336. The van der Waals surface area contributed by atoms with Gasteiger partial charge in [0.2, 0.25) is 0 Å². The van der Waals surface area contributed by atoms with Crippen molar-refractivity contribution in [3.63, 3.8) is 0 Å². The van der Waals surface area contributed by atoms with Crippen LogP contribution in [0.2, 0.25) is 10.0 Å². The van der Waals surface area contributed by atoms with Crippen molar-refractivity contribution in [2.75, 3.05) is 7.05 Å². The first-order valence-electron chi connectivity index (χ1n) is 6.03. The molecule has 1 radical (unpaired) electrons. The Hall–Kier alpha value is -1.95. The summed E-state index contributed by atoms with van der Waals surface area (Å²) >= 11 is 12.5. The minimum absolute atomic E-state index is 0.336. The molecule has 0 spiro atoms. The molecule has 2 amide bonds. The second-order valence-corrected chi connectivity index (χ2v) is 5.48. The number of pyridine rings is 1. The SMILES string of the molecule is C[N+]1(C(N)=O)C(c2c(Cl)cccc2Cl)=Nc2[c]nccc21. The molecule has 3 rings (SSSR count). The Morgan fingerprint density at radius 3 is 2.57 bits per heavy atom. The fraction of sp³-hybridized carbons (Fsp3) is 0.0714. The molecule has 1 aromatic carbocycles. The van der Waals surface area contributed by atoms with Gasteiger partial charge in [-0.15, -0.1) is 0 Å². The highest BCUT2D eigenvalue weighted by atomic mass is 35.5. The molecular formula is C14H10Cl2N4O+. The summed E-state index contributed by atoms with van der Waals surface area (Å²) in [6, 6.07) is 6.17. The summed E-state index contributed by atoms with van der Waals surface area (Å²) in [7, 11) is 1.64. The van der Waals surface area contributed by atoms with Crippen molar-refractivity contribution in [3.05, 3.63) is 52.3 Å². The maximum atomic E-state index is 12.1. The van der Waals surface area contributed by atoms with E-state index in [2.05, 4.69) is 16.2 Å². The molecule has 0 bridgehead atoms. The van der Waals surface area contributed by atoms with E-state index in [1.54, 1.807) is 31.3 Å². The maximum Gasteiger partial charge on any atom is 0.425 e. The summed E-state index contributed by atoms with van der Waals surface area (Å²) in [6.45, 7) is 0. The lowest BCUT2D eigenvalue weighted by atomic mass is 10.1. The van der Waals surface area contributed by atoms with Gasteiger partial charge in [0, 0.05) is 12.3 Å². The number of primary amides is 1. The predicted molar refractivity (Wildman–Crippen MR) is 83.0 cm³/mol. The third-order valence-corrected chi connectivity index (χ3v) is 4.10. The van der Waals surface area contributed by atoms with Gasteiger partial charge in [0.1, 0.15) is 6.20 Å². The van der Waals surface area contributed by atoms with E-state index in [9.17, 15) is 4.79 Å². The Morgan fingerprint density at radius 1 is 1.29 bits per heavy atom. The molecule has 21 heavy (non-hydrogen) atoms. The molecule has 0 aliphatic carbocycles. The average Bonchev–Trinajstić information content (AvgIpc) is 2.74. The second kappa shape index (κ2) is 4.80. The van der Waals surface area contributed by atoms with Crippen molar-refractivity contribution in [3.8, 4) is 0 Å². The topological polar surface area (TPSA) is 68.3 Å². The number of carbonyl (C=O) groups is 1. The highest BCUT2D eigenvalue weighted by molar-refractivity contribution is 6.42. The quantitative estimate of drug-likeness (QED) is 0.819. The zero-order valence-corrected chi connectivity index (χ0v) is 12.5. The van der Waals surface area contributed by atoms with Gasteiger partial charge in [0.05, 0.1) is 22.7 Å². The molecule has 1 atom stereocenters. The molecule has 105 valence electrons. The summed E-state index contributed by atoms with van der Waals surface area (Å²) in [5.74, 6) is 0.359. The van der Waals surface area contributed by atoms with Crippen LogP contribution in [-0.2, 0) is 0 Å². The highest BCUT2D eigenvalue weighted by Gasteiger charge is 2.48. The van der Waals surface area contributed by atoms with Crippen LogP contribution in [0.15, 0.2) is 35.5 Å². The maximum absolute atomic E-state index is 12.1. The van der Waals surface area contributed by atoms with E-state index in [1.807, 2.05) is 0 Å². The normalized spacial score (nSPS) is 20.0. The molecule has 1 aliphatic heterocycles. The third-order valence-electron chi connectivity index (χ3n) is 3.47. The van der Waals surface area contributed by atoms with E-state index in [0.29, 0.717) is 32.8 Å². The van der Waals surface area contributed by atoms with Gasteiger partial charge >= 0.3 is 6.03 Å². The van der Waals surface area contributed by atoms with E-state index in [4.69, 9.17) is 28.9 Å². The molecule has 2 aromatic rings. The number of benzene rings is 1. The molecule has 2 N–H and O–H groups in total. The third kappa shape index (κ3) is 1.93. The summed E-state index contributed by atoms with van der Waals surface area (Å²) in [6.07, 6.45) is 4.28. The minimum Gasteiger partial charge on any atom is -0.318 e. The number of fused-ring (bicyclic) bond motifs is 1. The summed E-state index contributed by atoms with van der Waals surface area (Å²) in [5, 5.41) is 0.792. The van der Waals surface area contributed by atoms with Crippen LogP contribution in [-0.4, -0.2) is 23.9 Å². The van der Waals surface area contributed by atoms with Crippen LogP contribution in [0.1, 0.15) is 5.56 Å². The number of rotatable bonds is 1. The van der Waals surface area contributed by atoms with Crippen molar-refractivity contribution in [2.45, 2.75) is 0 Å². The Bertz CT molecular complexity index is 770. The molecule has 0 saturated carbocycles. The van der Waals surface area contributed by atoms with Crippen molar-refractivity contribution >= 4 is 46.4 Å². The summed E-state index contributed by atoms with van der Waals surface area (Å²) in [4.78, 5) is 20.4. The smallest absolute Gasteiger partial charge is 0.318 e. The monoisotopic (exact) mass is 320 g/mol. The minimum atomic E-state index is -0.594. The van der Waals surface area contributed by atoms with E-state index in [1.165, 1.54) is 6.20 Å². The first-order chi connectivity index (χ1) is 9.96. The number of hydrogen-bond acceptors (Lipinski definition) is 3. The number of halogens is 2. The molecule has 2 heterocycles. The Kier molecular flexibility index (Phi) is 3.20. The van der Waals surface area contributed by atoms with Gasteiger partial charge in [-0.05, 0) is 12.1 Å². The zero-order chi connectivity index (χ0) is 15.2. The van der Waals surface area contributed by atoms with Gasteiger partial charge in [0.15, 0.2) is 11.4 Å². The number of amidine groups is 1. The molecule has 1 aromatic heterocycles. The largest absolute Gasteiger partial charge is 0.425 e. The first-order valence-corrected chi connectivity index (χ1v) is 6.79. The van der Waals surface area contributed by atoms with Crippen LogP contribution in [0.25, 0.3) is 0 Å². The Labute approximate surface area is 131 Å². The number of aromatic nitrogens is 1. The predicted octanol–water partition coefficient (Wildman–Crippen LogP) is 3.30. The highest BCUT2D eigenvalue weighted by Crippen LogP contribution is 2.42. The standard InChI is InChI=1S/C14H9Cl2N4O/c1-20(14(17)21)11-5-6-18-7-10(11)19-13(20)12-8(15)3-2-4-9(12)16/h2-6H,1H3,(H-,17,21)/p+1.